The number of hydrogen-bond donors (Lipinski definition) is 0. The van der Waals surface area contributed by atoms with E-state index < -0.39 is 0 Å². The van der Waals surface area contributed by atoms with E-state index in [1.165, 1.54) is 31.9 Å². The summed E-state index contributed by atoms with van der Waals surface area (Å²) >= 11 is 0. The van der Waals surface area contributed by atoms with Crippen molar-refractivity contribution in [3.05, 3.63) is 47.9 Å². The number of carbonyl (C=O) groups excluding carboxylic acids is 2. The van der Waals surface area contributed by atoms with Crippen LogP contribution in [-0.2, 0) is 16.1 Å². The second kappa shape index (κ2) is 8.38. The van der Waals surface area contributed by atoms with Crippen LogP contribution in [0.2, 0.25) is 0 Å². The van der Waals surface area contributed by atoms with Crippen molar-refractivity contribution in [2.45, 2.75) is 44.6 Å². The molecule has 1 aromatic carbocycles. The predicted octanol–water partition coefficient (Wildman–Crippen LogP) is 4.82. The summed E-state index contributed by atoms with van der Waals surface area (Å²) in [6, 6.07) is 7.61. The van der Waals surface area contributed by atoms with Crippen molar-refractivity contribution in [2.24, 2.45) is 0 Å². The summed E-state index contributed by atoms with van der Waals surface area (Å²) in [6.45, 7) is 0.196. The molecule has 30 heavy (non-hydrogen) atoms. The van der Waals surface area contributed by atoms with E-state index in [2.05, 4.69) is 0 Å². The molecule has 0 unspecified atom stereocenters. The Balaban J connectivity index is 2.00. The fourth-order valence-electron chi connectivity index (χ4n) is 4.58. The third kappa shape index (κ3) is 3.62. The van der Waals surface area contributed by atoms with Crippen LogP contribution in [0.4, 0.5) is 0 Å². The van der Waals surface area contributed by atoms with Crippen molar-refractivity contribution in [1.29, 1.82) is 0 Å². The van der Waals surface area contributed by atoms with Crippen molar-refractivity contribution < 1.29 is 18.7 Å². The molecule has 6 nitrogen and oxygen atoms in total. The van der Waals surface area contributed by atoms with E-state index in [-0.39, 0.29) is 18.4 Å². The zero-order valence-electron chi connectivity index (χ0n) is 17.8. The van der Waals surface area contributed by atoms with Gasteiger partial charge in [-0.15, -0.1) is 0 Å². The third-order valence-electron chi connectivity index (χ3n) is 6.13. The summed E-state index contributed by atoms with van der Waals surface area (Å²) < 4.78 is 12.4. The zero-order valence-corrected chi connectivity index (χ0v) is 17.8. The molecule has 1 aliphatic rings. The molecule has 158 valence electrons. The van der Waals surface area contributed by atoms with E-state index in [9.17, 15) is 9.59 Å². The fraction of sp³-hybridized carbons (Fsp3) is 0.417. The van der Waals surface area contributed by atoms with Crippen LogP contribution >= 0.6 is 0 Å². The molecule has 0 N–H and O–H groups in total. The number of methoxy groups -OCH3 is 1. The molecule has 0 aliphatic heterocycles. The van der Waals surface area contributed by atoms with Crippen molar-refractivity contribution in [3.8, 4) is 11.3 Å². The second-order valence-corrected chi connectivity index (χ2v) is 8.21. The van der Waals surface area contributed by atoms with E-state index in [1.54, 1.807) is 31.5 Å². The maximum absolute atomic E-state index is 12.7. The first kappa shape index (κ1) is 20.3. The Morgan fingerprint density at radius 2 is 1.93 bits per heavy atom. The number of hydrogen-bond acceptors (Lipinski definition) is 4. The lowest BCUT2D eigenvalue weighted by atomic mass is 9.82. The van der Waals surface area contributed by atoms with Gasteiger partial charge in [0, 0.05) is 25.0 Å². The highest BCUT2D eigenvalue weighted by Gasteiger charge is 2.28. The topological polar surface area (TPSA) is 64.7 Å². The van der Waals surface area contributed by atoms with Crippen LogP contribution in [0, 0.1) is 0 Å². The Labute approximate surface area is 176 Å². The minimum atomic E-state index is -0.382. The highest BCUT2D eigenvalue weighted by atomic mass is 16.5. The van der Waals surface area contributed by atoms with Gasteiger partial charge in [-0.25, -0.2) is 4.79 Å². The molecular weight excluding hydrogens is 380 g/mol. The second-order valence-electron chi connectivity index (χ2n) is 8.21. The number of nitrogens with zero attached hydrogens (tertiary/aromatic N) is 2. The van der Waals surface area contributed by atoms with Gasteiger partial charge in [0.1, 0.15) is 6.54 Å². The van der Waals surface area contributed by atoms with Crippen LogP contribution in [0.25, 0.3) is 22.2 Å². The van der Waals surface area contributed by atoms with Crippen LogP contribution < -0.4 is 0 Å². The van der Waals surface area contributed by atoms with E-state index in [0.29, 0.717) is 11.5 Å². The average molecular weight is 408 g/mol. The van der Waals surface area contributed by atoms with Gasteiger partial charge in [-0.3, -0.25) is 4.79 Å². The van der Waals surface area contributed by atoms with Crippen molar-refractivity contribution in [3.63, 3.8) is 0 Å². The zero-order chi connectivity index (χ0) is 21.3. The molecule has 6 heteroatoms. The van der Waals surface area contributed by atoms with Gasteiger partial charge in [0.05, 0.1) is 36.4 Å². The van der Waals surface area contributed by atoms with Crippen molar-refractivity contribution in [1.82, 2.24) is 9.47 Å². The first-order chi connectivity index (χ1) is 14.5. The van der Waals surface area contributed by atoms with Gasteiger partial charge < -0.3 is 18.6 Å². The molecule has 1 saturated carbocycles. The molecule has 2 aromatic heterocycles. The summed E-state index contributed by atoms with van der Waals surface area (Å²) in [6.07, 6.45) is 9.34. The van der Waals surface area contributed by atoms with E-state index >= 15 is 0 Å². The van der Waals surface area contributed by atoms with Crippen LogP contribution in [0.5, 0.6) is 0 Å². The molecule has 1 fully saturated rings. The predicted molar refractivity (Wildman–Crippen MR) is 115 cm³/mol. The van der Waals surface area contributed by atoms with Crippen molar-refractivity contribution >= 4 is 22.8 Å². The summed E-state index contributed by atoms with van der Waals surface area (Å²) in [5.74, 6) is 0.0359. The molecular formula is C24H28N2O4. The molecule has 1 aliphatic carbocycles. The van der Waals surface area contributed by atoms with Gasteiger partial charge in [-0.1, -0.05) is 25.3 Å². The molecule has 0 bridgehead atoms. The number of likely N-dealkylation sites (N-methyl/N-ethyl adjacent to an activating group) is 1. The summed E-state index contributed by atoms with van der Waals surface area (Å²) in [4.78, 5) is 26.5. The molecule has 0 atom stereocenters. The molecule has 0 saturated heterocycles. The molecule has 2 heterocycles. The minimum absolute atomic E-state index is 0.00434. The first-order valence-corrected chi connectivity index (χ1v) is 10.5. The molecule has 0 radical (unpaired) electrons. The quantitative estimate of drug-likeness (QED) is 0.568. The summed E-state index contributed by atoms with van der Waals surface area (Å²) in [7, 11) is 4.90. The van der Waals surface area contributed by atoms with Gasteiger partial charge in [-0.05, 0) is 42.5 Å². The lowest BCUT2D eigenvalue weighted by Crippen LogP contribution is -2.26. The van der Waals surface area contributed by atoms with Crippen LogP contribution in [0.3, 0.4) is 0 Å². The number of furan rings is 1. The van der Waals surface area contributed by atoms with Crippen molar-refractivity contribution in [2.75, 3.05) is 21.2 Å². The average Bonchev–Trinajstić information content (AvgIpc) is 3.39. The Bertz CT molecular complexity index is 1060. The van der Waals surface area contributed by atoms with E-state index in [4.69, 9.17) is 9.15 Å². The number of fused-ring (bicyclic) bond motifs is 1. The molecule has 0 spiro atoms. The van der Waals surface area contributed by atoms with Gasteiger partial charge in [-0.2, -0.15) is 0 Å². The van der Waals surface area contributed by atoms with Gasteiger partial charge in [0.25, 0.3) is 0 Å². The fourth-order valence-corrected chi connectivity index (χ4v) is 4.58. The Kier molecular flexibility index (Phi) is 5.66. The number of amides is 1. The number of aromatic nitrogens is 1. The lowest BCUT2D eigenvalue weighted by molar-refractivity contribution is -0.129. The van der Waals surface area contributed by atoms with E-state index in [1.807, 2.05) is 28.8 Å². The maximum atomic E-state index is 12.7. The SMILES string of the molecule is COC(=O)c1ccc2c(C3CCCCC3)c(-c3ccoc3)n(CC(=O)N(C)C)c2c1. The summed E-state index contributed by atoms with van der Waals surface area (Å²) in [5.41, 5.74) is 4.59. The minimum Gasteiger partial charge on any atom is -0.472 e. The molecule has 4 rings (SSSR count). The summed E-state index contributed by atoms with van der Waals surface area (Å²) in [5, 5.41) is 1.09. The normalized spacial score (nSPS) is 14.8. The van der Waals surface area contributed by atoms with Crippen LogP contribution in [0.15, 0.2) is 41.2 Å². The Hall–Kier alpha value is -3.02. The van der Waals surface area contributed by atoms with Gasteiger partial charge in [0.2, 0.25) is 5.91 Å². The van der Waals surface area contributed by atoms with Gasteiger partial charge >= 0.3 is 5.97 Å². The molecule has 3 aromatic rings. The molecule has 1 amide bonds. The highest BCUT2D eigenvalue weighted by molar-refractivity contribution is 5.99. The largest absolute Gasteiger partial charge is 0.472 e. The monoisotopic (exact) mass is 408 g/mol. The Morgan fingerprint density at radius 3 is 2.57 bits per heavy atom. The van der Waals surface area contributed by atoms with E-state index in [0.717, 1.165) is 35.0 Å². The lowest BCUT2D eigenvalue weighted by Gasteiger charge is -2.23. The Morgan fingerprint density at radius 1 is 1.17 bits per heavy atom. The number of rotatable bonds is 5. The number of carbonyl (C=O) groups is 2. The third-order valence-corrected chi connectivity index (χ3v) is 6.13. The van der Waals surface area contributed by atoms with Crippen LogP contribution in [-0.4, -0.2) is 42.5 Å². The van der Waals surface area contributed by atoms with Gasteiger partial charge in [0.15, 0.2) is 0 Å². The highest BCUT2D eigenvalue weighted by Crippen LogP contribution is 2.44. The smallest absolute Gasteiger partial charge is 0.337 e. The number of ether oxygens (including phenoxy) is 1. The first-order valence-electron chi connectivity index (χ1n) is 10.5. The standard InChI is InChI=1S/C24H28N2O4/c1-25(2)21(27)14-26-20-13-17(24(28)29-3)9-10-19(20)22(16-7-5-4-6-8-16)23(26)18-11-12-30-15-18/h9-13,15-16H,4-8,14H2,1-3H3. The van der Waals surface area contributed by atoms with Crippen LogP contribution in [0.1, 0.15) is 53.9 Å². The number of benzene rings is 1. The maximum Gasteiger partial charge on any atom is 0.337 e. The number of esters is 1.